The molecule has 0 spiro atoms. The van der Waals surface area contributed by atoms with E-state index in [4.69, 9.17) is 4.74 Å². The minimum Gasteiger partial charge on any atom is -0.497 e. The van der Waals surface area contributed by atoms with Gasteiger partial charge in [-0.1, -0.05) is 27.8 Å². The molecule has 2 aromatic rings. The molecule has 0 aromatic heterocycles. The van der Waals surface area contributed by atoms with Crippen LogP contribution < -0.4 is 10.1 Å². The Balaban J connectivity index is 1.98. The van der Waals surface area contributed by atoms with Gasteiger partial charge in [-0.2, -0.15) is 0 Å². The molecule has 1 aliphatic heterocycles. The number of thioether (sulfide) groups is 1. The van der Waals surface area contributed by atoms with Gasteiger partial charge in [0.2, 0.25) is 13.9 Å². The van der Waals surface area contributed by atoms with Gasteiger partial charge in [-0.15, -0.1) is 0 Å². The Morgan fingerprint density at radius 3 is 2.29 bits per heavy atom. The van der Waals surface area contributed by atoms with Gasteiger partial charge in [-0.3, -0.25) is 14.9 Å². The molecule has 6 nitrogen and oxygen atoms in total. The first-order valence-electron chi connectivity index (χ1n) is 7.96. The van der Waals surface area contributed by atoms with E-state index in [-0.39, 0.29) is 11.3 Å². The summed E-state index contributed by atoms with van der Waals surface area (Å²) in [6.07, 6.45) is -0.334. The Labute approximate surface area is 175 Å². The first-order valence-corrected chi connectivity index (χ1v) is 11.1. The van der Waals surface area contributed by atoms with Crippen molar-refractivity contribution in [1.82, 2.24) is 5.32 Å². The van der Waals surface area contributed by atoms with E-state index < -0.39 is 25.1 Å². The lowest BCUT2D eigenvalue weighted by molar-refractivity contribution is -0.119. The number of sulfone groups is 1. The van der Waals surface area contributed by atoms with Crippen molar-refractivity contribution < 1.29 is 22.7 Å². The quantitative estimate of drug-likeness (QED) is 0.676. The molecule has 144 valence electrons. The summed E-state index contributed by atoms with van der Waals surface area (Å²) in [5.41, 5.74) is 0.631. The van der Waals surface area contributed by atoms with Crippen LogP contribution in [0, 0.1) is 11.8 Å². The molecule has 2 amide bonds. The number of rotatable bonds is 4. The van der Waals surface area contributed by atoms with Crippen LogP contribution in [0.2, 0.25) is 0 Å². The van der Waals surface area contributed by atoms with Crippen molar-refractivity contribution in [2.45, 2.75) is 15.4 Å². The Bertz CT molecular complexity index is 1090. The van der Waals surface area contributed by atoms with Gasteiger partial charge in [0, 0.05) is 16.5 Å². The van der Waals surface area contributed by atoms with Crippen LogP contribution in [-0.2, 0) is 14.6 Å². The molecule has 1 unspecified atom stereocenters. The Morgan fingerprint density at radius 2 is 1.75 bits per heavy atom. The number of hydrogen-bond donors (Lipinski definition) is 1. The standard InChI is InChI=1S/C19H14BrNO5S2/c1-26-15-8-4-13(5-9-15)3-2-12-19(17(22)21-18(23)27-19)28(24,25)16-10-6-14(20)7-11-16/h4-11H,12H2,1H3,(H,21,22,23). The molecule has 0 radical (unpaired) electrons. The number of halogens is 1. The first-order chi connectivity index (χ1) is 13.3. The number of carbonyl (C=O) groups excluding carboxylic acids is 2. The molecular weight excluding hydrogens is 466 g/mol. The minimum atomic E-state index is -4.18. The molecule has 1 N–H and O–H groups in total. The molecule has 2 aromatic carbocycles. The fraction of sp³-hybridized carbons (Fsp3) is 0.158. The molecule has 1 fully saturated rings. The zero-order valence-corrected chi connectivity index (χ0v) is 17.8. The molecule has 0 aliphatic carbocycles. The monoisotopic (exact) mass is 479 g/mol. The number of nitrogens with one attached hydrogen (secondary N) is 1. The van der Waals surface area contributed by atoms with Crippen LogP contribution in [0.1, 0.15) is 12.0 Å². The number of imide groups is 1. The van der Waals surface area contributed by atoms with Gasteiger partial charge in [0.25, 0.3) is 11.1 Å². The van der Waals surface area contributed by atoms with E-state index >= 15 is 0 Å². The Hall–Kier alpha value is -2.28. The summed E-state index contributed by atoms with van der Waals surface area (Å²) in [5.74, 6) is 5.36. The van der Waals surface area contributed by atoms with E-state index in [1.165, 1.54) is 12.1 Å². The van der Waals surface area contributed by atoms with Crippen LogP contribution in [0.3, 0.4) is 0 Å². The number of benzene rings is 2. The average molecular weight is 480 g/mol. The highest BCUT2D eigenvalue weighted by atomic mass is 79.9. The van der Waals surface area contributed by atoms with Crippen LogP contribution in [0.15, 0.2) is 57.9 Å². The lowest BCUT2D eigenvalue weighted by Gasteiger charge is -2.22. The van der Waals surface area contributed by atoms with E-state index in [2.05, 4.69) is 33.1 Å². The van der Waals surface area contributed by atoms with Crippen molar-refractivity contribution in [1.29, 1.82) is 0 Å². The SMILES string of the molecule is COc1ccc(C#CCC2(S(=O)(=O)c3ccc(Br)cc3)SC(=O)NC2=O)cc1. The summed E-state index contributed by atoms with van der Waals surface area (Å²) in [7, 11) is -2.63. The number of hydrogen-bond acceptors (Lipinski definition) is 6. The number of ether oxygens (including phenoxy) is 1. The molecule has 1 aliphatic rings. The van der Waals surface area contributed by atoms with E-state index in [9.17, 15) is 18.0 Å². The molecule has 9 heteroatoms. The molecular formula is C19H14BrNO5S2. The number of methoxy groups -OCH3 is 1. The van der Waals surface area contributed by atoms with Gasteiger partial charge >= 0.3 is 0 Å². The van der Waals surface area contributed by atoms with Gasteiger partial charge in [0.1, 0.15) is 5.75 Å². The summed E-state index contributed by atoms with van der Waals surface area (Å²) in [5, 5.41) is 1.36. The van der Waals surface area contributed by atoms with Gasteiger partial charge < -0.3 is 4.74 Å². The average Bonchev–Trinajstić information content (AvgIpc) is 2.97. The summed E-state index contributed by atoms with van der Waals surface area (Å²) >= 11 is 3.69. The summed E-state index contributed by atoms with van der Waals surface area (Å²) in [6, 6.07) is 12.8. The molecule has 1 saturated heterocycles. The van der Waals surface area contributed by atoms with Crippen LogP contribution in [-0.4, -0.2) is 30.8 Å². The zero-order valence-electron chi connectivity index (χ0n) is 14.6. The fourth-order valence-electron chi connectivity index (χ4n) is 2.54. The van der Waals surface area contributed by atoms with E-state index in [1.807, 2.05) is 0 Å². The summed E-state index contributed by atoms with van der Waals surface area (Å²) in [4.78, 5) is 24.2. The molecule has 1 atom stereocenters. The normalized spacial score (nSPS) is 18.9. The summed E-state index contributed by atoms with van der Waals surface area (Å²) in [6.45, 7) is 0. The maximum atomic E-state index is 13.2. The van der Waals surface area contributed by atoms with Crippen molar-refractivity contribution in [2.75, 3.05) is 7.11 Å². The van der Waals surface area contributed by atoms with E-state index in [0.29, 0.717) is 27.5 Å². The third-order valence-corrected chi connectivity index (χ3v) is 8.50. The zero-order chi connectivity index (χ0) is 20.4. The fourth-order valence-corrected chi connectivity index (χ4v) is 5.92. The molecule has 0 saturated carbocycles. The second-order valence-electron chi connectivity index (χ2n) is 5.76. The Morgan fingerprint density at radius 1 is 1.11 bits per heavy atom. The van der Waals surface area contributed by atoms with Gasteiger partial charge in [0.15, 0.2) is 0 Å². The van der Waals surface area contributed by atoms with Crippen molar-refractivity contribution in [3.8, 4) is 17.6 Å². The smallest absolute Gasteiger partial charge is 0.287 e. The first kappa shape index (κ1) is 20.5. The van der Waals surface area contributed by atoms with Crippen LogP contribution in [0.5, 0.6) is 5.75 Å². The third kappa shape index (κ3) is 3.81. The number of amides is 2. The molecule has 28 heavy (non-hydrogen) atoms. The van der Waals surface area contributed by atoms with E-state index in [0.717, 1.165) is 0 Å². The van der Waals surface area contributed by atoms with Crippen LogP contribution in [0.25, 0.3) is 0 Å². The van der Waals surface area contributed by atoms with Gasteiger partial charge in [0.05, 0.1) is 12.0 Å². The highest BCUT2D eigenvalue weighted by Gasteiger charge is 2.58. The van der Waals surface area contributed by atoms with E-state index in [1.54, 1.807) is 43.5 Å². The highest BCUT2D eigenvalue weighted by molar-refractivity contribution is 9.10. The molecule has 0 bridgehead atoms. The summed E-state index contributed by atoms with van der Waals surface area (Å²) < 4.78 is 30.2. The van der Waals surface area contributed by atoms with Crippen LogP contribution in [0.4, 0.5) is 4.79 Å². The highest BCUT2D eigenvalue weighted by Crippen LogP contribution is 2.43. The lowest BCUT2D eigenvalue weighted by atomic mass is 10.2. The second kappa shape index (κ2) is 7.99. The Kier molecular flexibility index (Phi) is 5.84. The second-order valence-corrected chi connectivity index (χ2v) is 10.4. The van der Waals surface area contributed by atoms with Crippen molar-refractivity contribution in [3.63, 3.8) is 0 Å². The number of carbonyl (C=O) groups is 2. The van der Waals surface area contributed by atoms with Gasteiger partial charge in [-0.25, -0.2) is 8.42 Å². The maximum absolute atomic E-state index is 13.2. The maximum Gasteiger partial charge on any atom is 0.287 e. The van der Waals surface area contributed by atoms with Crippen molar-refractivity contribution in [3.05, 3.63) is 58.6 Å². The predicted molar refractivity (Wildman–Crippen MR) is 110 cm³/mol. The minimum absolute atomic E-state index is 0.0562. The van der Waals surface area contributed by atoms with Crippen molar-refractivity contribution >= 4 is 48.7 Å². The van der Waals surface area contributed by atoms with Gasteiger partial charge in [-0.05, 0) is 60.3 Å². The lowest BCUT2D eigenvalue weighted by Crippen LogP contribution is -2.43. The topological polar surface area (TPSA) is 89.5 Å². The van der Waals surface area contributed by atoms with Crippen molar-refractivity contribution in [2.24, 2.45) is 0 Å². The molecule has 1 heterocycles. The third-order valence-electron chi connectivity index (χ3n) is 4.02. The predicted octanol–water partition coefficient (Wildman–Crippen LogP) is 3.35. The largest absolute Gasteiger partial charge is 0.497 e. The van der Waals surface area contributed by atoms with Crippen LogP contribution >= 0.6 is 27.7 Å². The molecule has 3 rings (SSSR count).